The van der Waals surface area contributed by atoms with Gasteiger partial charge in [-0.05, 0) is 64.5 Å². The van der Waals surface area contributed by atoms with Crippen molar-refractivity contribution >= 4 is 35.0 Å². The van der Waals surface area contributed by atoms with Gasteiger partial charge >= 0.3 is 0 Å². The molecule has 4 aromatic rings. The molecule has 0 atom stereocenters. The van der Waals surface area contributed by atoms with E-state index in [2.05, 4.69) is 20.8 Å². The lowest BCUT2D eigenvalue weighted by Gasteiger charge is -2.23. The summed E-state index contributed by atoms with van der Waals surface area (Å²) in [5.41, 5.74) is 2.88. The molecule has 178 valence electrons. The smallest absolute Gasteiger partial charge is 0.258 e. The summed E-state index contributed by atoms with van der Waals surface area (Å²) in [5.74, 6) is 0.537. The fraction of sp³-hybridized carbons (Fsp3) is 0.160. The van der Waals surface area contributed by atoms with Crippen molar-refractivity contribution in [2.45, 2.75) is 11.7 Å². The number of carbonyl (C=O) groups is 2. The van der Waals surface area contributed by atoms with Gasteiger partial charge in [-0.2, -0.15) is 0 Å². The fourth-order valence-electron chi connectivity index (χ4n) is 3.33. The van der Waals surface area contributed by atoms with Crippen LogP contribution in [0.4, 0.5) is 11.4 Å². The Morgan fingerprint density at radius 1 is 1.00 bits per heavy atom. The van der Waals surface area contributed by atoms with Crippen LogP contribution in [0.1, 0.15) is 15.9 Å². The molecule has 4 rings (SSSR count). The first kappa shape index (κ1) is 24.0. The number of methoxy groups -OCH3 is 1. The molecule has 0 aliphatic carbocycles. The molecule has 0 unspecified atom stereocenters. The van der Waals surface area contributed by atoms with Crippen molar-refractivity contribution in [3.05, 3.63) is 90.0 Å². The van der Waals surface area contributed by atoms with Crippen LogP contribution in [0.5, 0.6) is 5.75 Å². The predicted octanol–water partition coefficient (Wildman–Crippen LogP) is 3.80. The maximum Gasteiger partial charge on any atom is 0.258 e. The van der Waals surface area contributed by atoms with Gasteiger partial charge in [-0.3, -0.25) is 9.59 Å². The highest BCUT2D eigenvalue weighted by Crippen LogP contribution is 2.24. The maximum absolute atomic E-state index is 13.5. The van der Waals surface area contributed by atoms with E-state index in [1.807, 2.05) is 54.6 Å². The van der Waals surface area contributed by atoms with Crippen molar-refractivity contribution in [3.63, 3.8) is 0 Å². The van der Waals surface area contributed by atoms with Crippen LogP contribution < -0.4 is 15.0 Å². The zero-order chi connectivity index (χ0) is 24.6. The molecule has 0 radical (unpaired) electrons. The van der Waals surface area contributed by atoms with Crippen LogP contribution in [0.3, 0.4) is 0 Å². The third kappa shape index (κ3) is 6.24. The van der Waals surface area contributed by atoms with Crippen LogP contribution in [0.15, 0.2) is 84.0 Å². The number of hydrogen-bond acceptors (Lipinski definition) is 7. The van der Waals surface area contributed by atoms with Crippen LogP contribution >= 0.6 is 11.8 Å². The van der Waals surface area contributed by atoms with E-state index < -0.39 is 0 Å². The summed E-state index contributed by atoms with van der Waals surface area (Å²) in [6.45, 7) is 0.415. The van der Waals surface area contributed by atoms with E-state index >= 15 is 0 Å². The molecule has 0 bridgehead atoms. The molecule has 10 heteroatoms. The largest absolute Gasteiger partial charge is 0.497 e. The second kappa shape index (κ2) is 11.3. The van der Waals surface area contributed by atoms with Crippen LogP contribution in [-0.2, 0) is 18.4 Å². The Balaban J connectivity index is 1.46. The van der Waals surface area contributed by atoms with Crippen molar-refractivity contribution in [1.29, 1.82) is 0 Å². The second-order valence-corrected chi connectivity index (χ2v) is 8.52. The Bertz CT molecular complexity index is 1280. The highest BCUT2D eigenvalue weighted by molar-refractivity contribution is 7.99. The summed E-state index contributed by atoms with van der Waals surface area (Å²) in [5, 5.41) is 14.5. The SMILES string of the molecule is COc1ccc(N(Cc2ccccc2)C(=O)c2ccc(NC(=O)CSc3nnnn3C)cc2)cc1. The molecule has 0 aliphatic rings. The summed E-state index contributed by atoms with van der Waals surface area (Å²) < 4.78 is 6.75. The Morgan fingerprint density at radius 2 is 1.71 bits per heavy atom. The zero-order valence-electron chi connectivity index (χ0n) is 19.3. The van der Waals surface area contributed by atoms with Gasteiger partial charge in [0, 0.05) is 24.0 Å². The molecular formula is C25H24N6O3S. The first-order chi connectivity index (χ1) is 17.0. The summed E-state index contributed by atoms with van der Waals surface area (Å²) in [6, 6.07) is 24.0. The molecule has 0 saturated carbocycles. The van der Waals surface area contributed by atoms with E-state index in [1.165, 1.54) is 16.4 Å². The number of benzene rings is 3. The molecule has 9 nitrogen and oxygen atoms in total. The lowest BCUT2D eigenvalue weighted by Crippen LogP contribution is -2.30. The molecule has 0 fully saturated rings. The number of aryl methyl sites for hydroxylation is 1. The number of tetrazole rings is 1. The standard InChI is InChI=1S/C25H24N6O3S/c1-30-25(27-28-29-30)35-17-23(32)26-20-10-8-19(9-11-20)24(33)31(16-18-6-4-3-5-7-18)21-12-14-22(34-2)15-13-21/h3-15H,16-17H2,1-2H3,(H,26,32). The van der Waals surface area contributed by atoms with E-state index in [0.29, 0.717) is 23.0 Å². The number of aromatic nitrogens is 4. The van der Waals surface area contributed by atoms with E-state index in [-0.39, 0.29) is 17.6 Å². The molecule has 1 N–H and O–H groups in total. The highest BCUT2D eigenvalue weighted by atomic mass is 32.2. The van der Waals surface area contributed by atoms with Crippen LogP contribution in [0.25, 0.3) is 0 Å². The van der Waals surface area contributed by atoms with Crippen molar-refractivity contribution in [2.75, 3.05) is 23.1 Å². The summed E-state index contributed by atoms with van der Waals surface area (Å²) >= 11 is 1.24. The molecule has 1 aromatic heterocycles. The fourth-order valence-corrected chi connectivity index (χ4v) is 3.98. The molecular weight excluding hydrogens is 464 g/mol. The van der Waals surface area contributed by atoms with Gasteiger partial charge in [-0.15, -0.1) is 5.10 Å². The van der Waals surface area contributed by atoms with E-state index in [9.17, 15) is 9.59 Å². The summed E-state index contributed by atoms with van der Waals surface area (Å²) in [6.07, 6.45) is 0. The molecule has 1 heterocycles. The maximum atomic E-state index is 13.5. The van der Waals surface area contributed by atoms with Crippen LogP contribution in [0.2, 0.25) is 0 Å². The quantitative estimate of drug-likeness (QED) is 0.358. The lowest BCUT2D eigenvalue weighted by molar-refractivity contribution is -0.113. The van der Waals surface area contributed by atoms with Gasteiger partial charge in [0.2, 0.25) is 11.1 Å². The van der Waals surface area contributed by atoms with Gasteiger partial charge in [0.1, 0.15) is 5.75 Å². The molecule has 2 amide bonds. The van der Waals surface area contributed by atoms with Crippen LogP contribution in [0, 0.1) is 0 Å². The van der Waals surface area contributed by atoms with Gasteiger partial charge in [-0.25, -0.2) is 4.68 Å². The first-order valence-electron chi connectivity index (χ1n) is 10.8. The van der Waals surface area contributed by atoms with Crippen molar-refractivity contribution < 1.29 is 14.3 Å². The van der Waals surface area contributed by atoms with Crippen molar-refractivity contribution in [3.8, 4) is 5.75 Å². The third-order valence-corrected chi connectivity index (χ3v) is 6.15. The number of thioether (sulfide) groups is 1. The molecule has 0 spiro atoms. The second-order valence-electron chi connectivity index (χ2n) is 7.57. The average molecular weight is 489 g/mol. The number of ether oxygens (including phenoxy) is 1. The lowest BCUT2D eigenvalue weighted by atomic mass is 10.1. The normalized spacial score (nSPS) is 10.6. The minimum absolute atomic E-state index is 0.151. The number of carbonyl (C=O) groups excluding carboxylic acids is 2. The Hall–Kier alpha value is -4.18. The number of amides is 2. The summed E-state index contributed by atoms with van der Waals surface area (Å²) in [4.78, 5) is 27.5. The zero-order valence-corrected chi connectivity index (χ0v) is 20.1. The molecule has 3 aromatic carbocycles. The van der Waals surface area contributed by atoms with Gasteiger partial charge in [0.15, 0.2) is 0 Å². The van der Waals surface area contributed by atoms with Crippen molar-refractivity contribution in [1.82, 2.24) is 20.2 Å². The minimum atomic E-state index is -0.194. The Kier molecular flexibility index (Phi) is 7.74. The average Bonchev–Trinajstić information content (AvgIpc) is 3.31. The molecule has 0 saturated heterocycles. The van der Waals surface area contributed by atoms with Crippen LogP contribution in [-0.4, -0.2) is 44.9 Å². The Labute approximate surface area is 207 Å². The number of nitrogens with zero attached hydrogens (tertiary/aromatic N) is 5. The van der Waals surface area contributed by atoms with E-state index in [1.54, 1.807) is 43.3 Å². The highest BCUT2D eigenvalue weighted by Gasteiger charge is 2.19. The van der Waals surface area contributed by atoms with Gasteiger partial charge in [0.05, 0.1) is 19.4 Å². The van der Waals surface area contributed by atoms with Crippen molar-refractivity contribution in [2.24, 2.45) is 7.05 Å². The third-order valence-electron chi connectivity index (χ3n) is 5.14. The summed E-state index contributed by atoms with van der Waals surface area (Å²) in [7, 11) is 3.32. The van der Waals surface area contributed by atoms with E-state index in [0.717, 1.165) is 17.0 Å². The molecule has 0 aliphatic heterocycles. The number of hydrogen-bond donors (Lipinski definition) is 1. The molecule has 35 heavy (non-hydrogen) atoms. The number of nitrogens with one attached hydrogen (secondary N) is 1. The van der Waals surface area contributed by atoms with Gasteiger partial charge in [-0.1, -0.05) is 42.1 Å². The monoisotopic (exact) mass is 488 g/mol. The first-order valence-corrected chi connectivity index (χ1v) is 11.8. The van der Waals surface area contributed by atoms with Gasteiger partial charge < -0.3 is 15.0 Å². The number of anilines is 2. The predicted molar refractivity (Wildman–Crippen MR) is 135 cm³/mol. The van der Waals surface area contributed by atoms with Gasteiger partial charge in [0.25, 0.3) is 5.91 Å². The minimum Gasteiger partial charge on any atom is -0.497 e. The number of rotatable bonds is 9. The Morgan fingerprint density at radius 3 is 2.34 bits per heavy atom. The topological polar surface area (TPSA) is 102 Å². The van der Waals surface area contributed by atoms with E-state index in [4.69, 9.17) is 4.74 Å².